The van der Waals surface area contributed by atoms with E-state index < -0.39 is 28.4 Å². The van der Waals surface area contributed by atoms with E-state index in [-0.39, 0.29) is 97.8 Å². The van der Waals surface area contributed by atoms with Crippen LogP contribution in [0.25, 0.3) is 33.1 Å². The number of fused-ring (bicyclic) bond motifs is 18. The van der Waals surface area contributed by atoms with Gasteiger partial charge in [-0.25, -0.2) is 17.9 Å². The molecule has 12 aliphatic carbocycles. The van der Waals surface area contributed by atoms with Crippen molar-refractivity contribution in [1.29, 1.82) is 0 Å². The molecule has 0 aliphatic heterocycles. The highest BCUT2D eigenvalue weighted by atomic mass is 79.9. The largest absolute Gasteiger partial charge is 0.390 e. The minimum Gasteiger partial charge on any atom is -0.390 e. The second-order valence-electron chi connectivity index (χ2n) is 38.3. The van der Waals surface area contributed by atoms with Gasteiger partial charge in [0.2, 0.25) is 0 Å². The number of para-hydroxylation sites is 1. The van der Waals surface area contributed by atoms with Gasteiger partial charge in [-0.15, -0.1) is 10.2 Å². The first-order valence-corrected chi connectivity index (χ1v) is 41.2. The van der Waals surface area contributed by atoms with E-state index >= 15 is 0 Å². The Morgan fingerprint density at radius 3 is 1.25 bits per heavy atom. The average molecular weight is 1530 g/mol. The summed E-state index contributed by atoms with van der Waals surface area (Å²) in [4.78, 5) is 41.1. The minimum atomic E-state index is -0.501. The van der Waals surface area contributed by atoms with Crippen molar-refractivity contribution in [1.82, 2.24) is 45.4 Å². The van der Waals surface area contributed by atoms with E-state index in [0.717, 1.165) is 126 Å². The molecule has 106 heavy (non-hydrogen) atoms. The fourth-order valence-electron chi connectivity index (χ4n) is 27.4. The second-order valence-corrected chi connectivity index (χ2v) is 38.8. The molecule has 15 nitrogen and oxygen atoms in total. The molecule has 4 N–H and O–H groups in total. The van der Waals surface area contributed by atoms with Crippen LogP contribution in [0.15, 0.2) is 54.6 Å². The molecule has 0 amide bonds. The van der Waals surface area contributed by atoms with Crippen molar-refractivity contribution in [2.24, 2.45) is 121 Å². The zero-order valence-corrected chi connectivity index (χ0v) is 64.3. The Labute approximate surface area is 637 Å². The Morgan fingerprint density at radius 2 is 0.821 bits per heavy atom. The molecule has 12 saturated carbocycles. The SMILES string of the molecule is C.C.C.C[C@@]1(O)CC[C@@]2(C)[C@H](CC[C@@H]3[C@@H]2CC[C@]2(C)[C@@H](C(=O)CBr)CC[C@@H]32)C1.C[C@@]1(O)CC[C@@]2(C)[C@H](CC[C@@H]3[C@@H]2CC[C@]2(C)[C@@H](C(=O)Cn4nc5cccc(F)c5n4)CC[C@@H]32)C1.C[C@@]1(O)CC[C@@]2(C)[C@H](CC[C@@H]3[C@@H]2CC[C@]2(C)[C@@H](C(=O)Cn4nnc5c(F)cccc54)CC[C@@H]32)C1.Fc1cccc2n[nH]nc12. The Hall–Kier alpha value is -4.98. The monoisotopic (exact) mass is 1530 g/mol. The number of nitrogens with one attached hydrogen (secondary N) is 1. The van der Waals surface area contributed by atoms with Gasteiger partial charge in [-0.3, -0.25) is 14.4 Å². The molecule has 3 aromatic carbocycles. The lowest BCUT2D eigenvalue weighted by Gasteiger charge is -2.61. The number of aromatic nitrogens is 9. The second kappa shape index (κ2) is 29.6. The summed E-state index contributed by atoms with van der Waals surface area (Å²) in [6.07, 6.45) is 30.4. The van der Waals surface area contributed by atoms with Gasteiger partial charge in [0.1, 0.15) is 46.5 Å². The number of hydrogen-bond donors (Lipinski definition) is 4. The summed E-state index contributed by atoms with van der Waals surface area (Å²) in [5.41, 5.74) is 2.39. The number of Topliss-reactive ketones (excluding diaryl/α,β-unsaturated/α-hetero) is 3. The molecule has 0 bridgehead atoms. The fraction of sp³-hybridized carbons (Fsp3) is 0.759. The van der Waals surface area contributed by atoms with Crippen LogP contribution in [0, 0.1) is 139 Å². The van der Waals surface area contributed by atoms with Gasteiger partial charge in [0.05, 0.1) is 27.6 Å². The number of nitrogens with zero attached hydrogens (tertiary/aromatic N) is 8. The predicted molar refractivity (Wildman–Crippen MR) is 415 cm³/mol. The Bertz CT molecular complexity index is 4160. The lowest BCUT2D eigenvalue weighted by atomic mass is 9.44. The van der Waals surface area contributed by atoms with Gasteiger partial charge < -0.3 is 15.3 Å². The van der Waals surface area contributed by atoms with E-state index in [0.29, 0.717) is 90.9 Å². The number of carbonyl (C=O) groups excluding carboxylic acids is 3. The first-order chi connectivity index (χ1) is 48.8. The van der Waals surface area contributed by atoms with Crippen molar-refractivity contribution in [3.05, 3.63) is 72.0 Å². The Morgan fingerprint density at radius 1 is 0.434 bits per heavy atom. The van der Waals surface area contributed by atoms with Gasteiger partial charge in [-0.05, 0) is 334 Å². The molecular formula is C87H127BrF3N9O6. The summed E-state index contributed by atoms with van der Waals surface area (Å²) in [6, 6.07) is 14.2. The molecule has 0 radical (unpaired) electrons. The van der Waals surface area contributed by atoms with Crippen molar-refractivity contribution >= 4 is 66.4 Å². The molecule has 12 fully saturated rings. The summed E-state index contributed by atoms with van der Waals surface area (Å²) in [7, 11) is 0. The maximum Gasteiger partial charge on any atom is 0.159 e. The molecular weight excluding hydrogens is 1400 g/mol. The van der Waals surface area contributed by atoms with Crippen LogP contribution >= 0.6 is 15.9 Å². The van der Waals surface area contributed by atoms with E-state index in [1.54, 1.807) is 41.1 Å². The zero-order chi connectivity index (χ0) is 72.8. The summed E-state index contributed by atoms with van der Waals surface area (Å²) in [5.74, 6) is 8.48. The summed E-state index contributed by atoms with van der Waals surface area (Å²) >= 11 is 3.43. The molecule has 19 heteroatoms. The third kappa shape index (κ3) is 13.9. The molecule has 584 valence electrons. The summed E-state index contributed by atoms with van der Waals surface area (Å²) in [6.45, 7) is 21.2. The molecule has 3 heterocycles. The maximum atomic E-state index is 14.1. The van der Waals surface area contributed by atoms with Crippen LogP contribution in [0.3, 0.4) is 0 Å². The average Bonchev–Trinajstić information content (AvgIpc) is 1.49. The quantitative estimate of drug-likeness (QED) is 0.105. The van der Waals surface area contributed by atoms with Gasteiger partial charge >= 0.3 is 0 Å². The van der Waals surface area contributed by atoms with Crippen LogP contribution in [0.5, 0.6) is 0 Å². The number of benzene rings is 3. The lowest BCUT2D eigenvalue weighted by Crippen LogP contribution is -2.55. The van der Waals surface area contributed by atoms with E-state index in [4.69, 9.17) is 0 Å². The van der Waals surface area contributed by atoms with Crippen LogP contribution < -0.4 is 0 Å². The van der Waals surface area contributed by atoms with Crippen LogP contribution in [-0.2, 0) is 27.5 Å². The number of alkyl halides is 1. The molecule has 24 atom stereocenters. The molecule has 6 aromatic rings. The van der Waals surface area contributed by atoms with E-state index in [1.807, 2.05) is 20.8 Å². The Kier molecular flexibility index (Phi) is 22.5. The van der Waals surface area contributed by atoms with E-state index in [1.165, 1.54) is 100 Å². The van der Waals surface area contributed by atoms with Crippen molar-refractivity contribution in [3.8, 4) is 0 Å². The van der Waals surface area contributed by atoms with E-state index in [9.17, 15) is 42.9 Å². The number of H-pyrrole nitrogens is 1. The highest BCUT2D eigenvalue weighted by Crippen LogP contribution is 2.72. The molecule has 0 unspecified atom stereocenters. The standard InChI is InChI=1S/2C28H38FN3O2.C22H35BrO2.C6H4FN3.3CH4/c1-26(34)13-14-27(2)17(15-26)7-8-18-19-9-10-21(28(19,3)12-11-20(18)27)24(33)16-32-23-6-4-5-22(29)25(23)30-31-32;1-26(34)13-14-27(2)17(15-26)7-8-18-19-9-10-21(28(19,3)12-11-20(18)27)24(33)16-32-30-23-6-4-5-22(29)25(23)31-32;1-20(25)10-11-21(2)14(12-20)4-5-15-16-6-7-18(19(24)13-23)22(16,3)9-8-17(15)21;7-4-2-1-3-5-6(4)9-10-8-5;;;/h2*4-6,17-21,34H,7-16H2,1-3H3;14-18,25H,4-13H2,1-3H3;1-3H,(H,8,9,10);3*1H4/t2*17-,18+,19+,20+,21-,26-,27+,28+;14-,15+,16+,17+,18-,20-,21+,22+;;;;/m111..../s1. The highest BCUT2D eigenvalue weighted by Gasteiger charge is 2.66. The molecule has 3 aromatic heterocycles. The zero-order valence-electron chi connectivity index (χ0n) is 62.7. The third-order valence-corrected chi connectivity index (χ3v) is 33.5. The molecule has 18 rings (SSSR count). The predicted octanol–water partition coefficient (Wildman–Crippen LogP) is 19.5. The molecule has 0 saturated heterocycles. The van der Waals surface area contributed by atoms with E-state index in [2.05, 4.69) is 93.4 Å². The summed E-state index contributed by atoms with van der Waals surface area (Å²) < 4.78 is 42.4. The number of rotatable bonds is 8. The van der Waals surface area contributed by atoms with Crippen molar-refractivity contribution in [2.45, 2.75) is 288 Å². The smallest absolute Gasteiger partial charge is 0.159 e. The number of aliphatic hydroxyl groups is 3. The van der Waals surface area contributed by atoms with Crippen molar-refractivity contribution in [2.75, 3.05) is 5.33 Å². The van der Waals surface area contributed by atoms with Gasteiger partial charge in [0.15, 0.2) is 29.0 Å². The minimum absolute atomic E-state index is 0. The molecule has 0 spiro atoms. The number of hydrogen-bond acceptors (Lipinski definition) is 12. The lowest BCUT2D eigenvalue weighted by molar-refractivity contribution is -0.151. The van der Waals surface area contributed by atoms with Gasteiger partial charge in [0, 0.05) is 17.8 Å². The number of halogens is 4. The molecule has 12 aliphatic rings. The third-order valence-electron chi connectivity index (χ3n) is 33.0. The number of aromatic amines is 1. The Balaban J connectivity index is 0.000000139. The van der Waals surface area contributed by atoms with Crippen molar-refractivity contribution in [3.63, 3.8) is 0 Å². The van der Waals surface area contributed by atoms with Gasteiger partial charge in [-0.1, -0.05) is 103 Å². The fourth-order valence-corrected chi connectivity index (χ4v) is 27.8. The van der Waals surface area contributed by atoms with Gasteiger partial charge in [-0.2, -0.15) is 25.3 Å². The number of ketones is 3. The van der Waals surface area contributed by atoms with Crippen molar-refractivity contribution < 1.29 is 42.9 Å². The number of carbonyl (C=O) groups is 3. The van der Waals surface area contributed by atoms with Gasteiger partial charge in [0.25, 0.3) is 0 Å². The first kappa shape index (κ1) is 80.5. The topological polar surface area (TPSA) is 215 Å². The van der Waals surface area contributed by atoms with Crippen LogP contribution in [-0.4, -0.2) is 100 Å². The maximum absolute atomic E-state index is 14.1. The van der Waals surface area contributed by atoms with Crippen LogP contribution in [0.2, 0.25) is 0 Å². The van der Waals surface area contributed by atoms with Crippen LogP contribution in [0.4, 0.5) is 13.2 Å². The van der Waals surface area contributed by atoms with Crippen LogP contribution in [0.1, 0.15) is 258 Å². The normalized spacial score (nSPS) is 42.1. The summed E-state index contributed by atoms with van der Waals surface area (Å²) in [5, 5.41) is 59.0. The highest BCUT2D eigenvalue weighted by molar-refractivity contribution is 9.09. The first-order valence-electron chi connectivity index (χ1n) is 40.1.